The van der Waals surface area contributed by atoms with E-state index in [0.717, 1.165) is 25.2 Å². The Morgan fingerprint density at radius 1 is 0.917 bits per heavy atom. The number of carbonyl (C=O) groups is 2. The smallest absolute Gasteiger partial charge is 0.254 e. The molecule has 0 bridgehead atoms. The van der Waals surface area contributed by atoms with E-state index in [9.17, 15) is 9.59 Å². The third kappa shape index (κ3) is 5.21. The number of methoxy groups -OCH3 is 4. The van der Waals surface area contributed by atoms with Crippen molar-refractivity contribution >= 4 is 11.8 Å². The quantitative estimate of drug-likeness (QED) is 0.488. The summed E-state index contributed by atoms with van der Waals surface area (Å²) in [5.74, 6) is 0.958. The number of amides is 2. The van der Waals surface area contributed by atoms with Crippen LogP contribution in [0.15, 0.2) is 30.3 Å². The van der Waals surface area contributed by atoms with Gasteiger partial charge in [-0.2, -0.15) is 0 Å². The summed E-state index contributed by atoms with van der Waals surface area (Å²) in [4.78, 5) is 30.3. The molecule has 9 nitrogen and oxygen atoms in total. The van der Waals surface area contributed by atoms with Crippen molar-refractivity contribution in [3.8, 4) is 23.0 Å². The van der Waals surface area contributed by atoms with Gasteiger partial charge in [0.15, 0.2) is 23.0 Å². The third-order valence-corrected chi connectivity index (χ3v) is 6.98. The summed E-state index contributed by atoms with van der Waals surface area (Å²) in [7, 11) is 7.90. The van der Waals surface area contributed by atoms with Gasteiger partial charge in [0, 0.05) is 12.6 Å². The Morgan fingerprint density at radius 3 is 2.08 bits per heavy atom. The third-order valence-electron chi connectivity index (χ3n) is 6.98. The fourth-order valence-electron chi connectivity index (χ4n) is 4.86. The van der Waals surface area contributed by atoms with E-state index in [1.165, 1.54) is 19.1 Å². The predicted molar refractivity (Wildman–Crippen MR) is 137 cm³/mol. The molecule has 0 spiro atoms. The first-order valence-corrected chi connectivity index (χ1v) is 12.2. The first-order chi connectivity index (χ1) is 17.3. The number of fused-ring (bicyclic) bond motifs is 1. The maximum Gasteiger partial charge on any atom is 0.254 e. The zero-order chi connectivity index (χ0) is 26.4. The molecule has 1 aliphatic rings. The van der Waals surface area contributed by atoms with E-state index < -0.39 is 12.0 Å². The summed E-state index contributed by atoms with van der Waals surface area (Å²) < 4.78 is 21.9. The zero-order valence-electron chi connectivity index (χ0n) is 22.3. The maximum absolute atomic E-state index is 13.8. The summed E-state index contributed by atoms with van der Waals surface area (Å²) in [5, 5.41) is 3.12. The monoisotopic (exact) mass is 500 g/mol. The van der Waals surface area contributed by atoms with E-state index in [0.29, 0.717) is 40.7 Å². The number of hydrogen-bond donors (Lipinski definition) is 2. The van der Waals surface area contributed by atoms with Crippen LogP contribution in [-0.4, -0.2) is 78.4 Å². The molecule has 0 saturated carbocycles. The van der Waals surface area contributed by atoms with Gasteiger partial charge in [-0.15, -0.1) is 0 Å². The van der Waals surface area contributed by atoms with E-state index in [2.05, 4.69) is 19.2 Å². The van der Waals surface area contributed by atoms with Crippen molar-refractivity contribution in [2.75, 3.05) is 61.7 Å². The number of hydrogen-bond acceptors (Lipinski definition) is 6. The van der Waals surface area contributed by atoms with Crippen molar-refractivity contribution in [3.63, 3.8) is 0 Å². The number of nitrogens with zero attached hydrogens (tertiary/aromatic N) is 1. The van der Waals surface area contributed by atoms with E-state index in [-0.39, 0.29) is 11.8 Å². The second-order valence-corrected chi connectivity index (χ2v) is 8.75. The summed E-state index contributed by atoms with van der Waals surface area (Å²) in [6.07, 6.45) is 0. The van der Waals surface area contributed by atoms with Crippen LogP contribution < -0.4 is 29.2 Å². The molecule has 196 valence electrons. The van der Waals surface area contributed by atoms with Crippen molar-refractivity contribution in [2.45, 2.75) is 25.8 Å². The highest BCUT2D eigenvalue weighted by Gasteiger charge is 2.43. The number of benzene rings is 2. The Labute approximate surface area is 213 Å². The molecule has 1 heterocycles. The highest BCUT2D eigenvalue weighted by molar-refractivity contribution is 6.02. The molecular weight excluding hydrogens is 462 g/mol. The molecule has 9 heteroatoms. The zero-order valence-corrected chi connectivity index (χ0v) is 22.3. The fourth-order valence-corrected chi connectivity index (χ4v) is 4.86. The minimum Gasteiger partial charge on any atom is -0.493 e. The largest absolute Gasteiger partial charge is 0.493 e. The molecule has 0 fully saturated rings. The number of rotatable bonds is 11. The lowest BCUT2D eigenvalue weighted by molar-refractivity contribution is -0.895. The van der Waals surface area contributed by atoms with Gasteiger partial charge in [0.05, 0.1) is 66.6 Å². The normalized spacial score (nSPS) is 17.0. The Kier molecular flexibility index (Phi) is 9.03. The average molecular weight is 501 g/mol. The van der Waals surface area contributed by atoms with Gasteiger partial charge in [-0.05, 0) is 49.2 Å². The molecule has 2 amide bonds. The van der Waals surface area contributed by atoms with Gasteiger partial charge in [0.2, 0.25) is 5.91 Å². The van der Waals surface area contributed by atoms with Crippen LogP contribution in [0.1, 0.15) is 47.3 Å². The van der Waals surface area contributed by atoms with Crippen molar-refractivity contribution < 1.29 is 33.4 Å². The van der Waals surface area contributed by atoms with Crippen LogP contribution in [0.2, 0.25) is 0 Å². The number of nitrogens with one attached hydrogen (secondary N) is 2. The molecule has 2 aromatic rings. The molecule has 36 heavy (non-hydrogen) atoms. The number of carbonyl (C=O) groups excluding carboxylic acids is 2. The van der Waals surface area contributed by atoms with Crippen molar-refractivity contribution in [3.05, 3.63) is 47.0 Å². The van der Waals surface area contributed by atoms with E-state index in [1.807, 2.05) is 12.1 Å². The van der Waals surface area contributed by atoms with Crippen LogP contribution in [0.5, 0.6) is 23.0 Å². The summed E-state index contributed by atoms with van der Waals surface area (Å²) >= 11 is 0. The van der Waals surface area contributed by atoms with Gasteiger partial charge >= 0.3 is 0 Å². The Morgan fingerprint density at radius 2 is 1.50 bits per heavy atom. The molecule has 0 aliphatic carbocycles. The number of likely N-dealkylation sites (N-methyl/N-ethyl adjacent to an activating group) is 2. The van der Waals surface area contributed by atoms with E-state index in [4.69, 9.17) is 18.9 Å². The lowest BCUT2D eigenvalue weighted by atomic mass is 9.79. The Balaban J connectivity index is 2.12. The van der Waals surface area contributed by atoms with Gasteiger partial charge in [0.25, 0.3) is 5.91 Å². The summed E-state index contributed by atoms with van der Waals surface area (Å²) in [6.45, 7) is 7.59. The predicted octanol–water partition coefficient (Wildman–Crippen LogP) is 1.67. The summed E-state index contributed by atoms with van der Waals surface area (Å²) in [6, 6.07) is 8.30. The molecular formula is C27H38N3O6+. The van der Waals surface area contributed by atoms with Crippen LogP contribution in [-0.2, 0) is 4.79 Å². The lowest BCUT2D eigenvalue weighted by Crippen LogP contribution is -3.12. The second kappa shape index (κ2) is 12.0. The van der Waals surface area contributed by atoms with Crippen LogP contribution >= 0.6 is 0 Å². The summed E-state index contributed by atoms with van der Waals surface area (Å²) in [5.41, 5.74) is 1.78. The molecule has 2 aromatic carbocycles. The van der Waals surface area contributed by atoms with Crippen molar-refractivity contribution in [1.29, 1.82) is 0 Å². The molecule has 2 unspecified atom stereocenters. The van der Waals surface area contributed by atoms with Crippen molar-refractivity contribution in [2.24, 2.45) is 0 Å². The first-order valence-electron chi connectivity index (χ1n) is 12.2. The van der Waals surface area contributed by atoms with Crippen LogP contribution in [0.3, 0.4) is 0 Å². The highest BCUT2D eigenvalue weighted by atomic mass is 16.5. The molecule has 2 atom stereocenters. The van der Waals surface area contributed by atoms with E-state index in [1.54, 1.807) is 44.4 Å². The standard InChI is InChI=1S/C27H37N3O6/c1-8-30(9-2)13-12-28-26(31)24-18-15-22(35-6)23(36-7)16-19(18)27(32)29(3)25(24)17-10-11-20(33-4)21(14-17)34-5/h10-11,14-16,24-25H,8-9,12-13H2,1-7H3,(H,28,31)/p+1. The first kappa shape index (κ1) is 27.1. The van der Waals surface area contributed by atoms with Crippen LogP contribution in [0.4, 0.5) is 0 Å². The van der Waals surface area contributed by atoms with Crippen LogP contribution in [0, 0.1) is 0 Å². The maximum atomic E-state index is 13.8. The molecule has 3 rings (SSSR count). The number of quaternary nitrogens is 1. The average Bonchev–Trinajstić information content (AvgIpc) is 2.91. The van der Waals surface area contributed by atoms with E-state index >= 15 is 0 Å². The van der Waals surface area contributed by atoms with Gasteiger partial charge < -0.3 is 34.1 Å². The minimum atomic E-state index is -0.674. The molecule has 0 saturated heterocycles. The molecule has 0 radical (unpaired) electrons. The van der Waals surface area contributed by atoms with Crippen LogP contribution in [0.25, 0.3) is 0 Å². The SMILES string of the molecule is CC[NH+](CC)CCNC(=O)C1c2cc(OC)c(OC)cc2C(=O)N(C)C1c1ccc(OC)c(OC)c1. The number of ether oxygens (including phenoxy) is 4. The second-order valence-electron chi connectivity index (χ2n) is 8.75. The fraction of sp³-hybridized carbons (Fsp3) is 0.481. The highest BCUT2D eigenvalue weighted by Crippen LogP contribution is 2.46. The lowest BCUT2D eigenvalue weighted by Gasteiger charge is -2.40. The van der Waals surface area contributed by atoms with Crippen molar-refractivity contribution in [1.82, 2.24) is 10.2 Å². The Bertz CT molecular complexity index is 1090. The molecule has 1 aliphatic heterocycles. The van der Waals surface area contributed by atoms with Gasteiger partial charge in [-0.25, -0.2) is 0 Å². The molecule has 0 aromatic heterocycles. The minimum absolute atomic E-state index is 0.158. The van der Waals surface area contributed by atoms with Gasteiger partial charge in [0.1, 0.15) is 0 Å². The van der Waals surface area contributed by atoms with Gasteiger partial charge in [-0.3, -0.25) is 9.59 Å². The molecule has 2 N–H and O–H groups in total. The Hall–Kier alpha value is -3.46. The topological polar surface area (TPSA) is 90.8 Å². The van der Waals surface area contributed by atoms with Gasteiger partial charge in [-0.1, -0.05) is 6.07 Å².